The van der Waals surface area contributed by atoms with Gasteiger partial charge in [-0.2, -0.15) is 0 Å². The van der Waals surface area contributed by atoms with Gasteiger partial charge >= 0.3 is 0 Å². The Balaban J connectivity index is 2.12. The van der Waals surface area contributed by atoms with Gasteiger partial charge in [0.05, 0.1) is 5.69 Å². The molecule has 0 fully saturated rings. The van der Waals surface area contributed by atoms with Gasteiger partial charge in [-0.25, -0.2) is 9.97 Å². The zero-order valence-electron chi connectivity index (χ0n) is 9.00. The summed E-state index contributed by atoms with van der Waals surface area (Å²) in [5.74, 6) is 0. The van der Waals surface area contributed by atoms with Gasteiger partial charge < -0.3 is 0 Å². The van der Waals surface area contributed by atoms with E-state index >= 15 is 0 Å². The standard InChI is InChI=1S/C13H12N2S/c1-16-13-6-3-11(4-7-13)2-5-12-8-9-14-10-15-12/h2-10H,1H3. The van der Waals surface area contributed by atoms with Crippen LogP contribution in [0.25, 0.3) is 12.2 Å². The van der Waals surface area contributed by atoms with Crippen molar-refractivity contribution in [2.75, 3.05) is 6.26 Å². The van der Waals surface area contributed by atoms with Gasteiger partial charge in [-0.1, -0.05) is 18.2 Å². The van der Waals surface area contributed by atoms with Gasteiger partial charge in [0.15, 0.2) is 0 Å². The van der Waals surface area contributed by atoms with Gasteiger partial charge in [0.1, 0.15) is 6.33 Å². The molecular formula is C13H12N2S. The predicted molar refractivity (Wildman–Crippen MR) is 69.2 cm³/mol. The molecule has 1 aromatic carbocycles. The van der Waals surface area contributed by atoms with Gasteiger partial charge in [0, 0.05) is 11.1 Å². The van der Waals surface area contributed by atoms with E-state index in [9.17, 15) is 0 Å². The predicted octanol–water partition coefficient (Wildman–Crippen LogP) is 3.37. The monoisotopic (exact) mass is 228 g/mol. The second kappa shape index (κ2) is 5.47. The first-order chi connectivity index (χ1) is 7.88. The summed E-state index contributed by atoms with van der Waals surface area (Å²) in [6.45, 7) is 0. The SMILES string of the molecule is CSc1ccc(C=Cc2ccncn2)cc1. The van der Waals surface area contributed by atoms with Crippen molar-refractivity contribution < 1.29 is 0 Å². The summed E-state index contributed by atoms with van der Waals surface area (Å²) in [6.07, 6.45) is 9.40. The fourth-order valence-corrected chi connectivity index (χ4v) is 1.70. The molecule has 0 bridgehead atoms. The van der Waals surface area contributed by atoms with Crippen LogP contribution < -0.4 is 0 Å². The fourth-order valence-electron chi connectivity index (χ4n) is 1.30. The second-order valence-corrected chi connectivity index (χ2v) is 4.12. The molecule has 1 heterocycles. The molecule has 16 heavy (non-hydrogen) atoms. The Morgan fingerprint density at radius 1 is 1.06 bits per heavy atom. The van der Waals surface area contributed by atoms with Crippen LogP contribution in [0.3, 0.4) is 0 Å². The van der Waals surface area contributed by atoms with Crippen LogP contribution in [0.15, 0.2) is 47.8 Å². The molecule has 0 saturated heterocycles. The summed E-state index contributed by atoms with van der Waals surface area (Å²) in [5, 5.41) is 0. The Kier molecular flexibility index (Phi) is 3.72. The number of benzene rings is 1. The zero-order valence-corrected chi connectivity index (χ0v) is 9.82. The zero-order chi connectivity index (χ0) is 11.2. The van der Waals surface area contributed by atoms with Crippen molar-refractivity contribution in [2.45, 2.75) is 4.90 Å². The van der Waals surface area contributed by atoms with Crippen LogP contribution in [0, 0.1) is 0 Å². The Morgan fingerprint density at radius 2 is 1.88 bits per heavy atom. The van der Waals surface area contributed by atoms with Crippen LogP contribution >= 0.6 is 11.8 Å². The van der Waals surface area contributed by atoms with Gasteiger partial charge in [-0.3, -0.25) is 0 Å². The van der Waals surface area contributed by atoms with E-state index in [0.29, 0.717) is 0 Å². The molecule has 3 heteroatoms. The van der Waals surface area contributed by atoms with Crippen LogP contribution in [0.2, 0.25) is 0 Å². The van der Waals surface area contributed by atoms with Crippen molar-refractivity contribution >= 4 is 23.9 Å². The maximum atomic E-state index is 4.13. The molecule has 0 aliphatic rings. The summed E-state index contributed by atoms with van der Waals surface area (Å²) in [7, 11) is 0. The summed E-state index contributed by atoms with van der Waals surface area (Å²) in [6, 6.07) is 10.3. The third-order valence-corrected chi connectivity index (χ3v) is 2.91. The third-order valence-electron chi connectivity index (χ3n) is 2.17. The maximum Gasteiger partial charge on any atom is 0.115 e. The number of hydrogen-bond acceptors (Lipinski definition) is 3. The minimum absolute atomic E-state index is 0.920. The van der Waals surface area contributed by atoms with Crippen molar-refractivity contribution in [3.63, 3.8) is 0 Å². The molecule has 0 amide bonds. The van der Waals surface area contributed by atoms with E-state index in [-0.39, 0.29) is 0 Å². The number of thioether (sulfide) groups is 1. The van der Waals surface area contributed by atoms with Gasteiger partial charge in [0.2, 0.25) is 0 Å². The summed E-state index contributed by atoms with van der Waals surface area (Å²) in [5.41, 5.74) is 2.10. The van der Waals surface area contributed by atoms with Gasteiger partial charge in [-0.05, 0) is 36.1 Å². The fraction of sp³-hybridized carbons (Fsp3) is 0.0769. The highest BCUT2D eigenvalue weighted by atomic mass is 32.2. The van der Waals surface area contributed by atoms with Crippen molar-refractivity contribution in [1.82, 2.24) is 9.97 Å². The van der Waals surface area contributed by atoms with Crippen molar-refractivity contribution in [2.24, 2.45) is 0 Å². The van der Waals surface area contributed by atoms with E-state index in [4.69, 9.17) is 0 Å². The first kappa shape index (κ1) is 10.9. The number of rotatable bonds is 3. The number of aromatic nitrogens is 2. The molecule has 0 aliphatic heterocycles. The Bertz CT molecular complexity index is 463. The third kappa shape index (κ3) is 2.94. The summed E-state index contributed by atoms with van der Waals surface area (Å²) in [4.78, 5) is 9.28. The van der Waals surface area contributed by atoms with Crippen LogP contribution in [0.4, 0.5) is 0 Å². The molecule has 80 valence electrons. The first-order valence-corrected chi connectivity index (χ1v) is 6.19. The molecule has 0 unspecified atom stereocenters. The van der Waals surface area contributed by atoms with E-state index in [1.165, 1.54) is 10.5 Å². The maximum absolute atomic E-state index is 4.13. The lowest BCUT2D eigenvalue weighted by atomic mass is 10.2. The molecule has 0 aliphatic carbocycles. The average Bonchev–Trinajstić information content (AvgIpc) is 2.38. The molecular weight excluding hydrogens is 216 g/mol. The summed E-state index contributed by atoms with van der Waals surface area (Å²) < 4.78 is 0. The molecule has 0 spiro atoms. The van der Waals surface area contributed by atoms with Crippen LogP contribution in [0.1, 0.15) is 11.3 Å². The molecule has 2 nitrogen and oxygen atoms in total. The minimum Gasteiger partial charge on any atom is -0.245 e. The Labute approximate surface area is 99.5 Å². The highest BCUT2D eigenvalue weighted by Gasteiger charge is 1.90. The molecule has 0 atom stereocenters. The van der Waals surface area contributed by atoms with Crippen LogP contribution in [0.5, 0.6) is 0 Å². The second-order valence-electron chi connectivity index (χ2n) is 3.24. The van der Waals surface area contributed by atoms with E-state index in [1.54, 1.807) is 24.3 Å². The minimum atomic E-state index is 0.920. The van der Waals surface area contributed by atoms with Crippen LogP contribution in [-0.2, 0) is 0 Å². The molecule has 0 radical (unpaired) electrons. The largest absolute Gasteiger partial charge is 0.245 e. The first-order valence-electron chi connectivity index (χ1n) is 4.96. The van der Waals surface area contributed by atoms with Crippen LogP contribution in [-0.4, -0.2) is 16.2 Å². The van der Waals surface area contributed by atoms with Gasteiger partial charge in [0.25, 0.3) is 0 Å². The quantitative estimate of drug-likeness (QED) is 0.753. The van der Waals surface area contributed by atoms with E-state index in [1.807, 2.05) is 18.2 Å². The average molecular weight is 228 g/mol. The van der Waals surface area contributed by atoms with Crippen molar-refractivity contribution in [1.29, 1.82) is 0 Å². The van der Waals surface area contributed by atoms with Crippen molar-refractivity contribution in [3.05, 3.63) is 54.1 Å². The molecule has 2 rings (SSSR count). The van der Waals surface area contributed by atoms with Crippen molar-refractivity contribution in [3.8, 4) is 0 Å². The normalized spacial score (nSPS) is 10.8. The molecule has 1 aromatic heterocycles. The Hall–Kier alpha value is -1.61. The van der Waals surface area contributed by atoms with Gasteiger partial charge in [-0.15, -0.1) is 11.8 Å². The molecule has 0 N–H and O–H groups in total. The van der Waals surface area contributed by atoms with E-state index < -0.39 is 0 Å². The lowest BCUT2D eigenvalue weighted by molar-refractivity contribution is 1.15. The molecule has 2 aromatic rings. The number of nitrogens with zero attached hydrogens (tertiary/aromatic N) is 2. The Morgan fingerprint density at radius 3 is 2.50 bits per heavy atom. The highest BCUT2D eigenvalue weighted by molar-refractivity contribution is 7.98. The summed E-state index contributed by atoms with van der Waals surface area (Å²) >= 11 is 1.75. The van der Waals surface area contributed by atoms with E-state index in [0.717, 1.165) is 5.69 Å². The topological polar surface area (TPSA) is 25.8 Å². The lowest BCUT2D eigenvalue weighted by Crippen LogP contribution is -1.80. The smallest absolute Gasteiger partial charge is 0.115 e. The highest BCUT2D eigenvalue weighted by Crippen LogP contribution is 2.15. The number of hydrogen-bond donors (Lipinski definition) is 0. The molecule has 0 saturated carbocycles. The van der Waals surface area contributed by atoms with E-state index in [2.05, 4.69) is 40.5 Å². The lowest BCUT2D eigenvalue weighted by Gasteiger charge is -1.96.